The third kappa shape index (κ3) is 2.84. The summed E-state index contributed by atoms with van der Waals surface area (Å²) in [6.07, 6.45) is 1.71. The van der Waals surface area contributed by atoms with Crippen molar-refractivity contribution in [3.05, 3.63) is 29.3 Å². The van der Waals surface area contributed by atoms with E-state index in [9.17, 15) is 8.42 Å². The van der Waals surface area contributed by atoms with Crippen molar-refractivity contribution in [3.63, 3.8) is 0 Å². The average molecular weight is 269 g/mol. The van der Waals surface area contributed by atoms with Crippen molar-refractivity contribution in [1.29, 1.82) is 0 Å². The Bertz CT molecular complexity index is 525. The highest BCUT2D eigenvalue weighted by molar-refractivity contribution is 7.89. The molecule has 1 heterocycles. The van der Waals surface area contributed by atoms with E-state index in [2.05, 4.69) is 0 Å². The van der Waals surface area contributed by atoms with E-state index < -0.39 is 10.0 Å². The zero-order valence-corrected chi connectivity index (χ0v) is 11.7. The minimum atomic E-state index is -3.08. The average Bonchev–Trinajstić information content (AvgIpc) is 2.32. The lowest BCUT2D eigenvalue weighted by Gasteiger charge is -2.26. The summed E-state index contributed by atoms with van der Waals surface area (Å²) in [5, 5.41) is 0. The molecule has 0 bridgehead atoms. The molecule has 0 atom stereocenters. The van der Waals surface area contributed by atoms with Gasteiger partial charge in [-0.15, -0.1) is 0 Å². The van der Waals surface area contributed by atoms with E-state index in [1.807, 2.05) is 25.1 Å². The van der Waals surface area contributed by atoms with Gasteiger partial charge in [0.1, 0.15) is 5.75 Å². The van der Waals surface area contributed by atoms with Gasteiger partial charge >= 0.3 is 0 Å². The smallest absolute Gasteiger partial charge is 0.214 e. The number of ether oxygens (including phenoxy) is 1. The molecular weight excluding hydrogens is 250 g/mol. The van der Waals surface area contributed by atoms with Crippen molar-refractivity contribution in [2.75, 3.05) is 19.4 Å². The number of rotatable bonds is 3. The van der Waals surface area contributed by atoms with Crippen molar-refractivity contribution in [1.82, 2.24) is 4.31 Å². The number of aryl methyl sites for hydroxylation is 1. The zero-order chi connectivity index (χ0) is 13.2. The lowest BCUT2D eigenvalue weighted by Crippen LogP contribution is -2.37. The van der Waals surface area contributed by atoms with Crippen LogP contribution < -0.4 is 4.74 Å². The van der Waals surface area contributed by atoms with Gasteiger partial charge in [0.25, 0.3) is 0 Å². The Morgan fingerprint density at radius 1 is 1.33 bits per heavy atom. The zero-order valence-electron chi connectivity index (χ0n) is 10.8. The highest BCUT2D eigenvalue weighted by Crippen LogP contribution is 2.24. The van der Waals surface area contributed by atoms with E-state index in [4.69, 9.17) is 4.74 Å². The molecule has 1 saturated heterocycles. The van der Waals surface area contributed by atoms with E-state index >= 15 is 0 Å². The predicted octanol–water partition coefficient (Wildman–Crippen LogP) is 1.93. The molecule has 0 N–H and O–H groups in total. The first-order chi connectivity index (χ1) is 8.53. The molecule has 0 unspecified atom stereocenters. The number of benzene rings is 1. The second-order valence-electron chi connectivity index (χ2n) is 4.67. The normalized spacial score (nSPS) is 19.7. The topological polar surface area (TPSA) is 46.6 Å². The van der Waals surface area contributed by atoms with Crippen molar-refractivity contribution < 1.29 is 13.2 Å². The Morgan fingerprint density at radius 3 is 2.78 bits per heavy atom. The summed E-state index contributed by atoms with van der Waals surface area (Å²) < 4.78 is 30.8. The van der Waals surface area contributed by atoms with Gasteiger partial charge in [-0.2, -0.15) is 4.31 Å². The molecule has 1 aromatic rings. The minimum absolute atomic E-state index is 0.265. The van der Waals surface area contributed by atoms with Gasteiger partial charge in [-0.05, 0) is 25.8 Å². The summed E-state index contributed by atoms with van der Waals surface area (Å²) in [6, 6.07) is 5.84. The van der Waals surface area contributed by atoms with Gasteiger partial charge in [-0.25, -0.2) is 8.42 Å². The van der Waals surface area contributed by atoms with Crippen LogP contribution in [0.25, 0.3) is 0 Å². The first kappa shape index (κ1) is 13.4. The molecule has 0 saturated carbocycles. The van der Waals surface area contributed by atoms with Gasteiger partial charge < -0.3 is 4.74 Å². The maximum absolute atomic E-state index is 12.0. The van der Waals surface area contributed by atoms with Crippen LogP contribution in [0.3, 0.4) is 0 Å². The molecule has 1 fully saturated rings. The number of nitrogens with zero attached hydrogens (tertiary/aromatic N) is 1. The maximum Gasteiger partial charge on any atom is 0.214 e. The van der Waals surface area contributed by atoms with Gasteiger partial charge in [-0.1, -0.05) is 17.7 Å². The third-order valence-electron chi connectivity index (χ3n) is 3.24. The maximum atomic E-state index is 12.0. The van der Waals surface area contributed by atoms with Crippen LogP contribution in [-0.2, 0) is 16.6 Å². The minimum Gasteiger partial charge on any atom is -0.496 e. The third-order valence-corrected chi connectivity index (χ3v) is 5.14. The summed E-state index contributed by atoms with van der Waals surface area (Å²) in [7, 11) is -1.47. The second kappa shape index (κ2) is 5.28. The molecule has 18 heavy (non-hydrogen) atoms. The predicted molar refractivity (Wildman–Crippen MR) is 71.2 cm³/mol. The lowest BCUT2D eigenvalue weighted by atomic mass is 10.1. The van der Waals surface area contributed by atoms with Crippen LogP contribution in [0.5, 0.6) is 5.75 Å². The van der Waals surface area contributed by atoms with Crippen LogP contribution in [0, 0.1) is 6.92 Å². The van der Waals surface area contributed by atoms with E-state index in [-0.39, 0.29) is 5.75 Å². The van der Waals surface area contributed by atoms with Crippen LogP contribution >= 0.6 is 0 Å². The Kier molecular flexibility index (Phi) is 3.92. The van der Waals surface area contributed by atoms with E-state index in [0.717, 1.165) is 29.7 Å². The van der Waals surface area contributed by atoms with Crippen molar-refractivity contribution in [3.8, 4) is 5.75 Å². The summed E-state index contributed by atoms with van der Waals surface area (Å²) in [5.41, 5.74) is 2.04. The monoisotopic (exact) mass is 269 g/mol. The first-order valence-corrected chi connectivity index (χ1v) is 7.75. The summed E-state index contributed by atoms with van der Waals surface area (Å²) in [5.74, 6) is 1.02. The Labute approximate surface area is 109 Å². The highest BCUT2D eigenvalue weighted by Gasteiger charge is 2.26. The molecule has 1 aliphatic rings. The Balaban J connectivity index is 2.25. The number of hydrogen-bond donors (Lipinski definition) is 0. The number of sulfonamides is 1. The van der Waals surface area contributed by atoms with E-state index in [1.54, 1.807) is 11.4 Å². The van der Waals surface area contributed by atoms with Crippen molar-refractivity contribution in [2.45, 2.75) is 26.3 Å². The van der Waals surface area contributed by atoms with E-state index in [0.29, 0.717) is 13.1 Å². The van der Waals surface area contributed by atoms with Gasteiger partial charge in [0, 0.05) is 18.7 Å². The Morgan fingerprint density at radius 2 is 2.11 bits per heavy atom. The summed E-state index contributed by atoms with van der Waals surface area (Å²) >= 11 is 0. The van der Waals surface area contributed by atoms with Gasteiger partial charge in [0.05, 0.1) is 12.9 Å². The van der Waals surface area contributed by atoms with Crippen LogP contribution in [0.4, 0.5) is 0 Å². The Hall–Kier alpha value is -1.07. The quantitative estimate of drug-likeness (QED) is 0.842. The molecule has 1 aromatic carbocycles. The fraction of sp³-hybridized carbons (Fsp3) is 0.538. The summed E-state index contributed by atoms with van der Waals surface area (Å²) in [4.78, 5) is 0. The molecule has 0 amide bonds. The molecule has 0 aliphatic carbocycles. The molecule has 1 aliphatic heterocycles. The summed E-state index contributed by atoms with van der Waals surface area (Å²) in [6.45, 7) is 3.01. The molecular formula is C13H19NO3S. The SMILES string of the molecule is COc1ccc(C)cc1CN1CCCCS1(=O)=O. The molecule has 4 nitrogen and oxygen atoms in total. The molecule has 100 valence electrons. The standard InChI is InChI=1S/C13H19NO3S/c1-11-5-6-13(17-2)12(9-11)10-14-7-3-4-8-18(14,15)16/h5-6,9H,3-4,7-8,10H2,1-2H3. The lowest BCUT2D eigenvalue weighted by molar-refractivity contribution is 0.362. The molecule has 5 heteroatoms. The molecule has 2 rings (SSSR count). The van der Waals surface area contributed by atoms with Crippen LogP contribution in [0.2, 0.25) is 0 Å². The van der Waals surface area contributed by atoms with Crippen LogP contribution in [-0.4, -0.2) is 32.1 Å². The largest absolute Gasteiger partial charge is 0.496 e. The number of methoxy groups -OCH3 is 1. The van der Waals surface area contributed by atoms with E-state index in [1.165, 1.54) is 0 Å². The molecule has 0 radical (unpaired) electrons. The fourth-order valence-corrected chi connectivity index (χ4v) is 3.81. The number of hydrogen-bond acceptors (Lipinski definition) is 3. The van der Waals surface area contributed by atoms with Crippen molar-refractivity contribution >= 4 is 10.0 Å². The van der Waals surface area contributed by atoms with Crippen LogP contribution in [0.1, 0.15) is 24.0 Å². The van der Waals surface area contributed by atoms with Gasteiger partial charge in [0.15, 0.2) is 0 Å². The highest BCUT2D eigenvalue weighted by atomic mass is 32.2. The van der Waals surface area contributed by atoms with Gasteiger partial charge in [-0.3, -0.25) is 0 Å². The van der Waals surface area contributed by atoms with Crippen molar-refractivity contribution in [2.24, 2.45) is 0 Å². The molecule has 0 aromatic heterocycles. The molecule has 0 spiro atoms. The first-order valence-electron chi connectivity index (χ1n) is 6.14. The van der Waals surface area contributed by atoms with Crippen LogP contribution in [0.15, 0.2) is 18.2 Å². The van der Waals surface area contributed by atoms with Gasteiger partial charge in [0.2, 0.25) is 10.0 Å². The second-order valence-corrected chi connectivity index (χ2v) is 6.76. The fourth-order valence-electron chi connectivity index (χ4n) is 2.24.